The van der Waals surface area contributed by atoms with Crippen molar-refractivity contribution in [2.75, 3.05) is 65.4 Å². The molecule has 628 valence electrons. The van der Waals surface area contributed by atoms with Crippen molar-refractivity contribution in [1.29, 1.82) is 0 Å². The predicted octanol–water partition coefficient (Wildman–Crippen LogP) is 13.7. The molecule has 6 amide bonds. The number of nitrogens with one attached hydrogen (secondary N) is 1. The zero-order valence-corrected chi connectivity index (χ0v) is 67.1. The summed E-state index contributed by atoms with van der Waals surface area (Å²) in [6, 6.07) is 18.3. The van der Waals surface area contributed by atoms with E-state index < -0.39 is 63.5 Å². The lowest BCUT2D eigenvalue weighted by Crippen LogP contribution is -2.62. The molecule has 120 heavy (non-hydrogen) atoms. The topological polar surface area (TPSA) is 292 Å². The third-order valence-electron chi connectivity index (χ3n) is 21.1. The first-order valence-corrected chi connectivity index (χ1v) is 38.2. The number of rotatable bonds is 12. The summed E-state index contributed by atoms with van der Waals surface area (Å²) in [6.45, 7) is 25.8. The van der Waals surface area contributed by atoms with Gasteiger partial charge in [0, 0.05) is 111 Å². The third kappa shape index (κ3) is 17.5. The molecule has 4 aliphatic heterocycles. The maximum absolute atomic E-state index is 14.3. The molecule has 3 saturated heterocycles. The standard InChI is InChI=1S/C28H27F4N7O2.C27H27F4N7O2.C27H28F3N7O2/c1-16(2)18-12-22(17-5-6-19(20(29)11-17)28(30,31)32)36-39-13-23(35-24(18)39)26(41)38-10-9-37(14-27(38,3)4)25(40)21-7-8-33-15-34-21;1-15(2)17-12-21(16-5-6-18(19(28)11-16)27(29,30)31)35-38-13-22(33-23(17)38)25(40)37-10-9-36(14-26(37,3)4)24(39)20-7-8-32-34-20;1-16(2)19-13-20(17-5-7-18(8-6-17)27(28,29)30)34-37-14-21(33-23(19)37)24(38)36-12-11-35(15-26(36,3)4)25(39)22-31-9-10-32-22/h5-8,11-13,15-16H,9-10,14H2,1-4H3;5-8,11-13,15H,9-10,14H2,1-4H3,(H,32,34);5-9,13-14,16H,10-12,15H2,1-4H3. The predicted molar refractivity (Wildman–Crippen MR) is 418 cm³/mol. The minimum atomic E-state index is -4.81. The molecule has 15 rings (SSSR count). The van der Waals surface area contributed by atoms with Crippen molar-refractivity contribution in [2.24, 2.45) is 9.98 Å². The Hall–Kier alpha value is -12.8. The number of aliphatic imine (C=N–C) groups is 2. The number of aromatic amines is 1. The lowest BCUT2D eigenvalue weighted by Gasteiger charge is -2.46. The summed E-state index contributed by atoms with van der Waals surface area (Å²) in [6.07, 6.45) is -3.69. The zero-order chi connectivity index (χ0) is 86.8. The van der Waals surface area contributed by atoms with E-state index in [1.54, 1.807) is 66.1 Å². The fraction of sp³-hybridized carbons (Fsp3) is 0.378. The summed E-state index contributed by atoms with van der Waals surface area (Å²) in [5, 5.41) is 19.9. The summed E-state index contributed by atoms with van der Waals surface area (Å²) in [5.74, 6) is -4.47. The number of piperazine rings is 3. The number of hydrogen-bond donors (Lipinski definition) is 1. The molecular weight excluding hydrogens is 1580 g/mol. The van der Waals surface area contributed by atoms with E-state index in [1.165, 1.54) is 68.9 Å². The van der Waals surface area contributed by atoms with Gasteiger partial charge in [-0.15, -0.1) is 0 Å². The van der Waals surface area contributed by atoms with Gasteiger partial charge in [0.2, 0.25) is 5.84 Å². The van der Waals surface area contributed by atoms with E-state index in [1.807, 2.05) is 83.1 Å². The second kappa shape index (κ2) is 32.5. The second-order valence-electron chi connectivity index (χ2n) is 32.1. The molecule has 3 fully saturated rings. The normalized spacial score (nSPS) is 16.2. The number of hydrogen-bond acceptors (Lipinski definition) is 17. The number of fused-ring (bicyclic) bond motifs is 3. The lowest BCUT2D eigenvalue weighted by molar-refractivity contribution is -0.140. The van der Waals surface area contributed by atoms with Crippen molar-refractivity contribution in [3.8, 4) is 33.8 Å². The quantitative estimate of drug-likeness (QED) is 0.111. The number of benzene rings is 3. The molecule has 0 aliphatic carbocycles. The van der Waals surface area contributed by atoms with Gasteiger partial charge in [0.25, 0.3) is 35.4 Å². The van der Waals surface area contributed by atoms with Crippen LogP contribution in [-0.2, 0) is 23.3 Å². The first kappa shape index (κ1) is 85.1. The number of carbonyl (C=O) groups is 6. The molecule has 27 nitrogen and oxygen atoms in total. The molecule has 0 atom stereocenters. The number of amidine groups is 1. The van der Waals surface area contributed by atoms with E-state index in [2.05, 4.69) is 60.4 Å². The number of aromatic nitrogens is 13. The minimum Gasteiger partial charge on any atom is -0.333 e. The molecule has 8 aromatic heterocycles. The smallest absolute Gasteiger partial charge is 0.333 e. The van der Waals surface area contributed by atoms with Crippen LogP contribution in [0.15, 0.2) is 138 Å². The van der Waals surface area contributed by atoms with E-state index >= 15 is 0 Å². The van der Waals surface area contributed by atoms with Gasteiger partial charge in [-0.05, 0) is 126 Å². The number of alkyl halides is 9. The van der Waals surface area contributed by atoms with Crippen LogP contribution in [0.4, 0.5) is 48.3 Å². The minimum absolute atomic E-state index is 0.0150. The van der Waals surface area contributed by atoms with Crippen molar-refractivity contribution < 1.29 is 77.1 Å². The molecule has 11 aromatic rings. The fourth-order valence-electron chi connectivity index (χ4n) is 14.9. The zero-order valence-electron chi connectivity index (χ0n) is 67.1. The molecule has 1 N–H and O–H groups in total. The van der Waals surface area contributed by atoms with Crippen molar-refractivity contribution >= 4 is 64.4 Å². The van der Waals surface area contributed by atoms with Gasteiger partial charge in [-0.2, -0.15) is 59.9 Å². The van der Waals surface area contributed by atoms with Crippen LogP contribution in [0.2, 0.25) is 0 Å². The summed E-state index contributed by atoms with van der Waals surface area (Å²) in [5.41, 5.74) is 0.850. The molecule has 0 unspecified atom stereocenters. The van der Waals surface area contributed by atoms with E-state index in [0.717, 1.165) is 35.9 Å². The van der Waals surface area contributed by atoms with Gasteiger partial charge in [0.05, 0.1) is 75.5 Å². The SMILES string of the molecule is CC(C)c1cc(-c2ccc(C(F)(F)F)c(F)c2)nn2cc(C(=O)N3CCN(C(=O)c4ccn[nH]4)CC3(C)C)nc12.CC(C)c1cc(-c2ccc(C(F)(F)F)c(F)c2)nn2cc(C(=O)N3CCN(C(=O)c4ccncn4)CC3(C)C)nc12.CC(C)c1cc(-c2ccc(C(F)(F)F)cc2)nn2cc(C(=O)N3CCN(C(=O)C4=NCC=N4)CC3(C)C)nc12. The number of H-pyrrole nitrogens is 1. The van der Waals surface area contributed by atoms with Crippen molar-refractivity contribution in [3.05, 3.63) is 202 Å². The summed E-state index contributed by atoms with van der Waals surface area (Å²) >= 11 is 0. The number of carbonyl (C=O) groups excluding carboxylic acids is 6. The Balaban J connectivity index is 0.000000156. The molecule has 3 aromatic carbocycles. The average molecular weight is 1670 g/mol. The number of amides is 6. The average Bonchev–Trinajstić information content (AvgIpc) is 1.61. The van der Waals surface area contributed by atoms with Crippen LogP contribution in [0.5, 0.6) is 0 Å². The van der Waals surface area contributed by atoms with Gasteiger partial charge in [0.15, 0.2) is 16.9 Å². The van der Waals surface area contributed by atoms with Crippen molar-refractivity contribution in [3.63, 3.8) is 0 Å². The molecule has 12 heterocycles. The Labute approximate surface area is 679 Å². The van der Waals surface area contributed by atoms with Crippen molar-refractivity contribution in [2.45, 2.75) is 136 Å². The molecule has 0 spiro atoms. The molecule has 4 aliphatic rings. The fourth-order valence-corrected chi connectivity index (χ4v) is 14.9. The van der Waals surface area contributed by atoms with Crippen molar-refractivity contribution in [1.82, 2.24) is 93.4 Å². The summed E-state index contributed by atoms with van der Waals surface area (Å²) in [4.78, 5) is 119. The van der Waals surface area contributed by atoms with Gasteiger partial charge in [-0.1, -0.05) is 65.8 Å². The van der Waals surface area contributed by atoms with Gasteiger partial charge in [-0.25, -0.2) is 52.2 Å². The summed E-state index contributed by atoms with van der Waals surface area (Å²) in [7, 11) is 0. The van der Waals surface area contributed by atoms with Crippen LogP contribution in [0, 0.1) is 11.6 Å². The lowest BCUT2D eigenvalue weighted by atomic mass is 9.98. The van der Waals surface area contributed by atoms with Crippen LogP contribution >= 0.6 is 0 Å². The summed E-state index contributed by atoms with van der Waals surface area (Å²) < 4.78 is 150. The Morgan fingerprint density at radius 3 is 1.16 bits per heavy atom. The van der Waals surface area contributed by atoms with E-state index in [9.17, 15) is 77.1 Å². The van der Waals surface area contributed by atoms with E-state index in [4.69, 9.17) is 0 Å². The van der Waals surface area contributed by atoms with Crippen LogP contribution < -0.4 is 0 Å². The second-order valence-corrected chi connectivity index (χ2v) is 32.1. The van der Waals surface area contributed by atoms with Crippen LogP contribution in [0.1, 0.15) is 187 Å². The van der Waals surface area contributed by atoms with Gasteiger partial charge in [0.1, 0.15) is 46.4 Å². The Kier molecular flexibility index (Phi) is 23.0. The highest BCUT2D eigenvalue weighted by Gasteiger charge is 2.45. The maximum Gasteiger partial charge on any atom is 0.419 e. The molecular formula is C82H82F11N21O6. The molecule has 0 saturated carbocycles. The monoisotopic (exact) mass is 1670 g/mol. The van der Waals surface area contributed by atoms with E-state index in [0.29, 0.717) is 103 Å². The molecule has 0 bridgehead atoms. The van der Waals surface area contributed by atoms with Gasteiger partial charge >= 0.3 is 18.5 Å². The first-order chi connectivity index (χ1) is 56.4. The highest BCUT2D eigenvalue weighted by Crippen LogP contribution is 2.39. The first-order valence-electron chi connectivity index (χ1n) is 38.2. The highest BCUT2D eigenvalue weighted by molar-refractivity contribution is 6.40. The van der Waals surface area contributed by atoms with E-state index in [-0.39, 0.29) is 124 Å². The number of halogens is 11. The van der Waals surface area contributed by atoms with Crippen LogP contribution in [0.25, 0.3) is 50.7 Å². The third-order valence-corrected chi connectivity index (χ3v) is 21.1. The molecule has 0 radical (unpaired) electrons. The maximum atomic E-state index is 14.3. The van der Waals surface area contributed by atoms with Crippen LogP contribution in [0.3, 0.4) is 0 Å². The Morgan fingerprint density at radius 1 is 0.433 bits per heavy atom. The largest absolute Gasteiger partial charge is 0.419 e. The highest BCUT2D eigenvalue weighted by atomic mass is 19.4. The van der Waals surface area contributed by atoms with Gasteiger partial charge < -0.3 is 29.4 Å². The molecule has 38 heteroatoms. The van der Waals surface area contributed by atoms with Crippen LogP contribution in [-0.4, -0.2) is 223 Å². The Bertz CT molecular complexity index is 5850. The Morgan fingerprint density at radius 2 is 0.825 bits per heavy atom. The number of nitrogens with zero attached hydrogens (tertiary/aromatic N) is 20. The van der Waals surface area contributed by atoms with Gasteiger partial charge in [-0.3, -0.25) is 38.9 Å². The number of imidazole rings is 3.